The van der Waals surface area contributed by atoms with Crippen molar-refractivity contribution in [3.05, 3.63) is 94.0 Å². The summed E-state index contributed by atoms with van der Waals surface area (Å²) in [6.45, 7) is 18.0. The van der Waals surface area contributed by atoms with Crippen molar-refractivity contribution in [1.82, 2.24) is 0 Å². The van der Waals surface area contributed by atoms with Gasteiger partial charge < -0.3 is 18.9 Å². The number of esters is 4. The average Bonchev–Trinajstić information content (AvgIpc) is 3.29. The lowest BCUT2D eigenvalue weighted by Gasteiger charge is -2.56. The molecule has 8 bridgehead atoms. The van der Waals surface area contributed by atoms with Crippen LogP contribution in [0, 0.1) is 77.9 Å². The molecule has 2 atom stereocenters. The highest BCUT2D eigenvalue weighted by atomic mass is 79.9. The topological polar surface area (TPSA) is 105 Å². The molecule has 4 aromatic rings. The normalized spacial score (nSPS) is 30.9. The number of hydrogen-bond donors (Lipinski definition) is 0. The molecular weight excluding hydrogens is 917 g/mol. The fourth-order valence-electron chi connectivity index (χ4n) is 13.8. The zero-order valence-corrected chi connectivity index (χ0v) is 43.3. The fraction of sp³-hybridized carbons (Fsp3) is 0.593. The minimum absolute atomic E-state index is 0.0271. The zero-order valence-electron chi connectivity index (χ0n) is 41.7. The number of aryl methyl sites for hydroxylation is 1. The lowest BCUT2D eigenvalue weighted by atomic mass is 9.50. The minimum atomic E-state index is -0.716. The first-order chi connectivity index (χ1) is 32.3. The van der Waals surface area contributed by atoms with Crippen molar-refractivity contribution >= 4 is 61.4 Å². The number of carbonyl (C=O) groups excluding carboxylic acids is 4. The predicted octanol–water partition coefficient (Wildman–Crippen LogP) is 13.6. The lowest BCUT2D eigenvalue weighted by Crippen LogP contribution is -2.56. The van der Waals surface area contributed by atoms with Crippen LogP contribution in [0.1, 0.15) is 136 Å². The molecule has 8 nitrogen and oxygen atoms in total. The van der Waals surface area contributed by atoms with Crippen molar-refractivity contribution in [2.45, 2.75) is 150 Å². The number of benzene rings is 4. The van der Waals surface area contributed by atoms with Gasteiger partial charge in [0.15, 0.2) is 0 Å². The third kappa shape index (κ3) is 9.40. The minimum Gasteiger partial charge on any atom is -0.462 e. The van der Waals surface area contributed by atoms with E-state index in [0.717, 1.165) is 90.6 Å². The number of rotatable bonds is 12. The Morgan fingerprint density at radius 3 is 1.43 bits per heavy atom. The summed E-state index contributed by atoms with van der Waals surface area (Å²) in [7, 11) is 0. The van der Waals surface area contributed by atoms with E-state index in [0.29, 0.717) is 47.3 Å². The Morgan fingerprint density at radius 2 is 0.956 bits per heavy atom. The maximum atomic E-state index is 13.5. The summed E-state index contributed by atoms with van der Waals surface area (Å²) in [5, 5.41) is 4.69. The van der Waals surface area contributed by atoms with Crippen LogP contribution in [0.3, 0.4) is 0 Å². The number of halogens is 1. The molecule has 0 N–H and O–H groups in total. The Kier molecular flexibility index (Phi) is 13.7. The first-order valence-electron chi connectivity index (χ1n) is 25.9. The second-order valence-electron chi connectivity index (χ2n) is 23.0. The molecule has 8 fully saturated rings. The molecule has 8 saturated carbocycles. The molecule has 0 radical (unpaired) electrons. The number of hydrogen-bond acceptors (Lipinski definition) is 8. The second kappa shape index (κ2) is 19.2. The summed E-state index contributed by atoms with van der Waals surface area (Å²) in [4.78, 5) is 51.9. The van der Waals surface area contributed by atoms with Crippen LogP contribution in [0.25, 0.3) is 21.5 Å². The molecule has 68 heavy (non-hydrogen) atoms. The quantitative estimate of drug-likeness (QED) is 0.102. The van der Waals surface area contributed by atoms with Crippen LogP contribution in [-0.2, 0) is 49.3 Å². The van der Waals surface area contributed by atoms with Crippen molar-refractivity contribution in [3.8, 4) is 0 Å². The van der Waals surface area contributed by atoms with Gasteiger partial charge in [0.05, 0.1) is 23.7 Å². The smallest absolute Gasteiger partial charge is 0.310 e. The van der Waals surface area contributed by atoms with Gasteiger partial charge >= 0.3 is 23.9 Å². The van der Waals surface area contributed by atoms with Gasteiger partial charge in [-0.2, -0.15) is 0 Å². The van der Waals surface area contributed by atoms with E-state index in [4.69, 9.17) is 18.9 Å². The largest absolute Gasteiger partial charge is 0.462 e. The molecule has 0 amide bonds. The summed E-state index contributed by atoms with van der Waals surface area (Å²) in [5.74, 6) is 2.60. The molecule has 0 aromatic heterocycles. The average molecular weight is 990 g/mol. The van der Waals surface area contributed by atoms with Gasteiger partial charge in [0, 0.05) is 4.47 Å². The molecule has 0 aliphatic heterocycles. The molecule has 4 aromatic carbocycles. The SMILES string of the molecule is CCC(C)C(=O)OC1C2CC3CC1CC(C2)C3C(=O)OC(C)(C)c1cc(Br)c2ccccc2c1.CCC(C)C(=O)OC1C2CC3CC1CC(C2)C3C(=O)OC(C)(C)c1ccc2c(C)cccc2c1. The third-order valence-corrected chi connectivity index (χ3v) is 18.5. The van der Waals surface area contributed by atoms with Gasteiger partial charge in [0.2, 0.25) is 0 Å². The molecule has 0 heterocycles. The van der Waals surface area contributed by atoms with Gasteiger partial charge in [-0.3, -0.25) is 19.2 Å². The molecule has 8 aliphatic carbocycles. The third-order valence-electron chi connectivity index (χ3n) is 17.8. The van der Waals surface area contributed by atoms with Crippen LogP contribution >= 0.6 is 15.9 Å². The molecule has 364 valence electrons. The van der Waals surface area contributed by atoms with E-state index in [1.165, 1.54) is 16.3 Å². The van der Waals surface area contributed by atoms with Gasteiger partial charge in [-0.15, -0.1) is 0 Å². The molecule has 9 heteroatoms. The van der Waals surface area contributed by atoms with Gasteiger partial charge in [0.1, 0.15) is 23.4 Å². The first-order valence-corrected chi connectivity index (χ1v) is 26.7. The highest BCUT2D eigenvalue weighted by Crippen LogP contribution is 2.59. The summed E-state index contributed by atoms with van der Waals surface area (Å²) >= 11 is 3.69. The summed E-state index contributed by atoms with van der Waals surface area (Å²) in [6, 6.07) is 25.1. The van der Waals surface area contributed by atoms with E-state index in [1.807, 2.05) is 67.5 Å². The number of fused-ring (bicyclic) bond motifs is 2. The Balaban J connectivity index is 0.000000170. The standard InChI is InChI=1S/C30H38O4.C29H35BrO4/c1-6-17(2)28(31)33-27-22-12-20-13-23(27)15-21(14-22)26(20)29(32)34-30(4,5)24-10-11-25-18(3)8-7-9-19(25)16-24;1-5-16(2)27(31)33-26-20-10-18-11-21(26)13-19(12-20)25(18)28(32)34-29(3,4)22-14-17-8-6-7-9-23(17)24(30)15-22/h7-11,16-17,20-23,26-27H,6,12-15H2,1-5H3;6-9,14-16,18-21,25-26H,5,10-13H2,1-4H3. The molecule has 12 rings (SSSR count). The predicted molar refractivity (Wildman–Crippen MR) is 269 cm³/mol. The van der Waals surface area contributed by atoms with Crippen LogP contribution in [-0.4, -0.2) is 36.1 Å². The van der Waals surface area contributed by atoms with Gasteiger partial charge in [-0.25, -0.2) is 0 Å². The van der Waals surface area contributed by atoms with Crippen LogP contribution in [0.5, 0.6) is 0 Å². The highest BCUT2D eigenvalue weighted by Gasteiger charge is 2.59. The number of carbonyl (C=O) groups is 4. The van der Waals surface area contributed by atoms with Crippen molar-refractivity contribution in [1.29, 1.82) is 0 Å². The monoisotopic (exact) mass is 988 g/mol. The van der Waals surface area contributed by atoms with E-state index in [1.54, 1.807) is 0 Å². The van der Waals surface area contributed by atoms with Crippen molar-refractivity contribution in [2.24, 2.45) is 71.0 Å². The van der Waals surface area contributed by atoms with E-state index in [2.05, 4.69) is 83.5 Å². The zero-order chi connectivity index (χ0) is 48.4. The summed E-state index contributed by atoms with van der Waals surface area (Å²) in [6.07, 6.45) is 9.46. The Hall–Kier alpha value is -4.24. The van der Waals surface area contributed by atoms with Crippen molar-refractivity contribution in [2.75, 3.05) is 0 Å². The van der Waals surface area contributed by atoms with Crippen LogP contribution in [0.15, 0.2) is 77.3 Å². The molecule has 2 unspecified atom stereocenters. The van der Waals surface area contributed by atoms with E-state index < -0.39 is 11.2 Å². The van der Waals surface area contributed by atoms with E-state index in [-0.39, 0.29) is 59.8 Å². The van der Waals surface area contributed by atoms with Crippen molar-refractivity contribution < 1.29 is 38.1 Å². The number of ether oxygens (including phenoxy) is 4. The molecule has 8 aliphatic rings. The second-order valence-corrected chi connectivity index (χ2v) is 23.8. The van der Waals surface area contributed by atoms with E-state index in [9.17, 15) is 19.2 Å². The maximum Gasteiger partial charge on any atom is 0.310 e. The first kappa shape index (κ1) is 48.8. The van der Waals surface area contributed by atoms with Crippen molar-refractivity contribution in [3.63, 3.8) is 0 Å². The highest BCUT2D eigenvalue weighted by molar-refractivity contribution is 9.10. The lowest BCUT2D eigenvalue weighted by molar-refractivity contribution is -0.195. The summed E-state index contributed by atoms with van der Waals surface area (Å²) in [5.41, 5.74) is 1.87. The summed E-state index contributed by atoms with van der Waals surface area (Å²) < 4.78 is 25.5. The fourth-order valence-corrected chi connectivity index (χ4v) is 14.5. The van der Waals surface area contributed by atoms with E-state index >= 15 is 0 Å². The Morgan fingerprint density at radius 1 is 0.544 bits per heavy atom. The Labute approximate surface area is 412 Å². The Bertz CT molecular complexity index is 2480. The van der Waals surface area contributed by atoms with Gasteiger partial charge in [-0.1, -0.05) is 98.2 Å². The van der Waals surface area contributed by atoms with Gasteiger partial charge in [0.25, 0.3) is 0 Å². The molecule has 0 spiro atoms. The molecular formula is C59H73BrO8. The van der Waals surface area contributed by atoms with Crippen LogP contribution < -0.4 is 0 Å². The van der Waals surface area contributed by atoms with Crippen LogP contribution in [0.2, 0.25) is 0 Å². The maximum absolute atomic E-state index is 13.5. The molecule has 0 saturated heterocycles. The van der Waals surface area contributed by atoms with Gasteiger partial charge in [-0.05, 0) is 203 Å². The van der Waals surface area contributed by atoms with Crippen LogP contribution in [0.4, 0.5) is 0 Å².